The van der Waals surface area contributed by atoms with Gasteiger partial charge < -0.3 is 18.9 Å². The number of methoxy groups -OCH3 is 1. The number of morpholine rings is 1. The number of hydrogen-bond donors (Lipinski definition) is 0. The molecule has 36 heavy (non-hydrogen) atoms. The summed E-state index contributed by atoms with van der Waals surface area (Å²) >= 11 is 0. The van der Waals surface area contributed by atoms with Gasteiger partial charge in [-0.1, -0.05) is 12.1 Å². The first-order valence-electron chi connectivity index (χ1n) is 11.8. The Morgan fingerprint density at radius 1 is 0.944 bits per heavy atom. The Balaban J connectivity index is 1.48. The average Bonchev–Trinajstić information content (AvgIpc) is 3.55. The Labute approximate surface area is 208 Å². The van der Waals surface area contributed by atoms with E-state index in [4.69, 9.17) is 29.5 Å². The van der Waals surface area contributed by atoms with Gasteiger partial charge in [0.15, 0.2) is 17.0 Å². The molecule has 0 spiro atoms. The number of anilines is 1. The van der Waals surface area contributed by atoms with Crippen LogP contribution < -0.4 is 9.64 Å². The largest absolute Gasteiger partial charge is 0.496 e. The summed E-state index contributed by atoms with van der Waals surface area (Å²) in [7, 11) is 3.65. The van der Waals surface area contributed by atoms with Gasteiger partial charge in [0, 0.05) is 49.9 Å². The fourth-order valence-corrected chi connectivity index (χ4v) is 4.46. The number of benzene rings is 1. The van der Waals surface area contributed by atoms with Gasteiger partial charge in [-0.15, -0.1) is 0 Å². The highest BCUT2D eigenvalue weighted by Crippen LogP contribution is 2.30. The third kappa shape index (κ3) is 3.85. The van der Waals surface area contributed by atoms with Crippen LogP contribution in [0, 0.1) is 6.92 Å². The molecule has 0 bridgehead atoms. The zero-order chi connectivity index (χ0) is 24.6. The van der Waals surface area contributed by atoms with E-state index in [1.165, 1.54) is 0 Å². The molecule has 0 atom stereocenters. The van der Waals surface area contributed by atoms with Crippen molar-refractivity contribution in [1.29, 1.82) is 0 Å². The van der Waals surface area contributed by atoms with E-state index in [9.17, 15) is 0 Å². The second-order valence-corrected chi connectivity index (χ2v) is 8.68. The van der Waals surface area contributed by atoms with Gasteiger partial charge in [0.05, 0.1) is 26.0 Å². The smallest absolute Gasteiger partial charge is 0.254 e. The summed E-state index contributed by atoms with van der Waals surface area (Å²) in [6.45, 7) is 4.78. The molecule has 0 amide bonds. The maximum atomic E-state index is 5.58. The summed E-state index contributed by atoms with van der Waals surface area (Å²) in [4.78, 5) is 21.1. The molecule has 5 heterocycles. The summed E-state index contributed by atoms with van der Waals surface area (Å²) in [5, 5.41) is 4.80. The van der Waals surface area contributed by atoms with Crippen molar-refractivity contribution in [3.05, 3.63) is 60.6 Å². The molecule has 0 N–H and O–H groups in total. The molecular weight excluding hydrogens is 456 g/mol. The average molecular weight is 483 g/mol. The monoisotopic (exact) mass is 482 g/mol. The van der Waals surface area contributed by atoms with Crippen molar-refractivity contribution in [2.75, 3.05) is 38.3 Å². The topological polar surface area (TPSA) is 96.0 Å². The van der Waals surface area contributed by atoms with E-state index in [1.54, 1.807) is 24.2 Å². The highest BCUT2D eigenvalue weighted by molar-refractivity contribution is 5.87. The second kappa shape index (κ2) is 9.04. The van der Waals surface area contributed by atoms with Gasteiger partial charge in [0.25, 0.3) is 5.95 Å². The van der Waals surface area contributed by atoms with E-state index < -0.39 is 0 Å². The number of ether oxygens (including phenoxy) is 2. The van der Waals surface area contributed by atoms with Crippen LogP contribution in [-0.2, 0) is 11.8 Å². The predicted octanol–water partition coefficient (Wildman–Crippen LogP) is 3.43. The summed E-state index contributed by atoms with van der Waals surface area (Å²) < 4.78 is 14.8. The Hall–Kier alpha value is -4.31. The minimum atomic E-state index is 0.485. The summed E-state index contributed by atoms with van der Waals surface area (Å²) in [5.41, 5.74) is 5.31. The number of pyridine rings is 1. The minimum absolute atomic E-state index is 0.485. The van der Waals surface area contributed by atoms with E-state index in [0.717, 1.165) is 64.0 Å². The minimum Gasteiger partial charge on any atom is -0.496 e. The number of aromatic nitrogens is 7. The third-order valence-electron chi connectivity index (χ3n) is 6.44. The predicted molar refractivity (Wildman–Crippen MR) is 136 cm³/mol. The van der Waals surface area contributed by atoms with Crippen LogP contribution in [0.15, 0.2) is 55.0 Å². The first-order valence-corrected chi connectivity index (χ1v) is 11.8. The van der Waals surface area contributed by atoms with Gasteiger partial charge >= 0.3 is 0 Å². The van der Waals surface area contributed by atoms with Crippen molar-refractivity contribution in [2.24, 2.45) is 7.05 Å². The lowest BCUT2D eigenvalue weighted by Gasteiger charge is -2.28. The summed E-state index contributed by atoms with van der Waals surface area (Å²) in [6.07, 6.45) is 5.41. The SMILES string of the molecule is COc1cc(-c2ccn(-c3nc(N4CCOCC4)c4nc(-c5ccncc5)n(C)c4n3)n2)ccc1C. The second-order valence-electron chi connectivity index (χ2n) is 8.68. The number of rotatable bonds is 5. The van der Waals surface area contributed by atoms with E-state index in [-0.39, 0.29) is 0 Å². The molecule has 6 rings (SSSR count). The maximum Gasteiger partial charge on any atom is 0.254 e. The maximum absolute atomic E-state index is 5.58. The Bertz CT molecular complexity index is 1540. The fraction of sp³-hybridized carbons (Fsp3) is 0.269. The zero-order valence-electron chi connectivity index (χ0n) is 20.4. The van der Waals surface area contributed by atoms with Crippen LogP contribution in [0.2, 0.25) is 0 Å². The van der Waals surface area contributed by atoms with Gasteiger partial charge in [-0.05, 0) is 36.8 Å². The number of aryl methyl sites for hydroxylation is 2. The Morgan fingerprint density at radius 2 is 1.75 bits per heavy atom. The summed E-state index contributed by atoms with van der Waals surface area (Å²) in [6, 6.07) is 11.9. The first kappa shape index (κ1) is 22.2. The fourth-order valence-electron chi connectivity index (χ4n) is 4.46. The quantitative estimate of drug-likeness (QED) is 0.376. The molecule has 10 heteroatoms. The van der Waals surface area contributed by atoms with E-state index in [0.29, 0.717) is 19.2 Å². The molecule has 0 radical (unpaired) electrons. The molecule has 0 unspecified atom stereocenters. The highest BCUT2D eigenvalue weighted by Gasteiger charge is 2.23. The lowest BCUT2D eigenvalue weighted by atomic mass is 10.1. The molecule has 1 saturated heterocycles. The third-order valence-corrected chi connectivity index (χ3v) is 6.44. The van der Waals surface area contributed by atoms with Gasteiger partial charge in [-0.25, -0.2) is 9.67 Å². The molecular formula is C26H26N8O2. The molecule has 1 aliphatic heterocycles. The lowest BCUT2D eigenvalue weighted by molar-refractivity contribution is 0.122. The zero-order valence-corrected chi connectivity index (χ0v) is 20.4. The Kier molecular flexibility index (Phi) is 5.57. The summed E-state index contributed by atoms with van der Waals surface area (Å²) in [5.74, 6) is 2.90. The molecule has 1 fully saturated rings. The van der Waals surface area contributed by atoms with Crippen molar-refractivity contribution in [2.45, 2.75) is 6.92 Å². The van der Waals surface area contributed by atoms with Crippen molar-refractivity contribution in [3.8, 4) is 34.3 Å². The van der Waals surface area contributed by atoms with Gasteiger partial charge in [-0.3, -0.25) is 4.98 Å². The number of hydrogen-bond acceptors (Lipinski definition) is 8. The van der Waals surface area contributed by atoms with Crippen LogP contribution in [0.4, 0.5) is 5.82 Å². The number of fused-ring (bicyclic) bond motifs is 1. The van der Waals surface area contributed by atoms with Crippen LogP contribution in [-0.4, -0.2) is 67.7 Å². The van der Waals surface area contributed by atoms with E-state index >= 15 is 0 Å². The molecule has 1 aliphatic rings. The molecule has 0 saturated carbocycles. The normalized spacial score (nSPS) is 13.9. The molecule has 0 aliphatic carbocycles. The standard InChI is InChI=1S/C26H26N8O2/c1-17-4-5-19(16-21(17)35-3)20-8-11-34(31-20)26-29-24-22(25(30-26)33-12-14-36-15-13-33)28-23(32(24)2)18-6-9-27-10-7-18/h4-11,16H,12-15H2,1-3H3. The van der Waals surface area contributed by atoms with Crippen LogP contribution >= 0.6 is 0 Å². The molecule has 182 valence electrons. The van der Waals surface area contributed by atoms with Crippen LogP contribution in [0.1, 0.15) is 5.56 Å². The highest BCUT2D eigenvalue weighted by atomic mass is 16.5. The van der Waals surface area contributed by atoms with Crippen LogP contribution in [0.25, 0.3) is 39.8 Å². The van der Waals surface area contributed by atoms with Crippen LogP contribution in [0.3, 0.4) is 0 Å². The Morgan fingerprint density at radius 3 is 2.53 bits per heavy atom. The van der Waals surface area contributed by atoms with Gasteiger partial charge in [0.1, 0.15) is 11.6 Å². The van der Waals surface area contributed by atoms with Crippen LogP contribution in [0.5, 0.6) is 5.75 Å². The molecule has 5 aromatic rings. The first-order chi connectivity index (χ1) is 17.6. The van der Waals surface area contributed by atoms with Crippen molar-refractivity contribution < 1.29 is 9.47 Å². The molecule has 10 nitrogen and oxygen atoms in total. The number of imidazole rings is 1. The van der Waals surface area contributed by atoms with Crippen molar-refractivity contribution in [3.63, 3.8) is 0 Å². The molecule has 1 aromatic carbocycles. The number of nitrogens with zero attached hydrogens (tertiary/aromatic N) is 8. The van der Waals surface area contributed by atoms with E-state index in [1.807, 2.05) is 61.1 Å². The molecule has 4 aromatic heterocycles. The van der Waals surface area contributed by atoms with Gasteiger partial charge in [-0.2, -0.15) is 15.1 Å². The van der Waals surface area contributed by atoms with Gasteiger partial charge in [0.2, 0.25) is 0 Å². The van der Waals surface area contributed by atoms with Crippen molar-refractivity contribution >= 4 is 17.0 Å². The van der Waals surface area contributed by atoms with E-state index in [2.05, 4.69) is 9.88 Å². The van der Waals surface area contributed by atoms with Crippen molar-refractivity contribution in [1.82, 2.24) is 34.3 Å². The lowest BCUT2D eigenvalue weighted by Crippen LogP contribution is -2.37.